The van der Waals surface area contributed by atoms with Crippen molar-refractivity contribution in [3.05, 3.63) is 34.9 Å². The summed E-state index contributed by atoms with van der Waals surface area (Å²) >= 11 is 0. The van der Waals surface area contributed by atoms with Gasteiger partial charge in [-0.2, -0.15) is 0 Å². The molecule has 0 fully saturated rings. The topological polar surface area (TPSA) is 101 Å². The first-order valence-corrected chi connectivity index (χ1v) is 6.80. The van der Waals surface area contributed by atoms with E-state index in [0.717, 1.165) is 0 Å². The normalized spacial score (nSPS) is 13.1. The van der Waals surface area contributed by atoms with Crippen LogP contribution in [-0.2, 0) is 4.79 Å². The molecule has 1 aromatic carbocycles. The van der Waals surface area contributed by atoms with Gasteiger partial charge in [0.15, 0.2) is 0 Å². The van der Waals surface area contributed by atoms with Crippen LogP contribution in [0, 0.1) is 5.41 Å². The highest BCUT2D eigenvalue weighted by atomic mass is 16.2. The standard InChI is InChI=1S/C15H20N4O2/c1-15(2,3)7-11(16)14(21)19-9-4-5-10-12(6-9)17-8-18-13(10)20/h4-6,8,11H,7,16H2,1-3H3,(H,19,21)(H,17,18,20). The number of rotatable bonds is 3. The first kappa shape index (κ1) is 15.2. The third kappa shape index (κ3) is 3.88. The van der Waals surface area contributed by atoms with Crippen LogP contribution in [0.25, 0.3) is 10.9 Å². The van der Waals surface area contributed by atoms with Crippen molar-refractivity contribution in [1.82, 2.24) is 9.97 Å². The van der Waals surface area contributed by atoms with Gasteiger partial charge in [-0.15, -0.1) is 0 Å². The Balaban J connectivity index is 2.16. The van der Waals surface area contributed by atoms with Crippen molar-refractivity contribution in [2.75, 3.05) is 5.32 Å². The number of amides is 1. The smallest absolute Gasteiger partial charge is 0.258 e. The van der Waals surface area contributed by atoms with Crippen molar-refractivity contribution >= 4 is 22.5 Å². The van der Waals surface area contributed by atoms with Gasteiger partial charge in [0.25, 0.3) is 5.56 Å². The molecule has 0 aliphatic carbocycles. The lowest BCUT2D eigenvalue weighted by Crippen LogP contribution is -2.38. The Labute approximate surface area is 122 Å². The molecule has 0 saturated carbocycles. The molecule has 6 heteroatoms. The highest BCUT2D eigenvalue weighted by Gasteiger charge is 2.21. The fourth-order valence-electron chi connectivity index (χ4n) is 2.13. The molecule has 112 valence electrons. The number of aromatic nitrogens is 2. The van der Waals surface area contributed by atoms with Gasteiger partial charge in [0.05, 0.1) is 23.3 Å². The van der Waals surface area contributed by atoms with Crippen LogP contribution in [0.2, 0.25) is 0 Å². The second kappa shape index (κ2) is 5.65. The van der Waals surface area contributed by atoms with Gasteiger partial charge >= 0.3 is 0 Å². The van der Waals surface area contributed by atoms with Crippen LogP contribution in [0.4, 0.5) is 5.69 Å². The van der Waals surface area contributed by atoms with E-state index in [1.54, 1.807) is 18.2 Å². The summed E-state index contributed by atoms with van der Waals surface area (Å²) in [5.74, 6) is -0.242. The summed E-state index contributed by atoms with van der Waals surface area (Å²) < 4.78 is 0. The minimum atomic E-state index is -0.576. The van der Waals surface area contributed by atoms with Crippen molar-refractivity contribution in [3.8, 4) is 0 Å². The number of benzene rings is 1. The average Bonchev–Trinajstić information content (AvgIpc) is 2.36. The maximum atomic E-state index is 12.1. The highest BCUT2D eigenvalue weighted by Crippen LogP contribution is 2.21. The number of nitrogens with one attached hydrogen (secondary N) is 2. The van der Waals surface area contributed by atoms with Gasteiger partial charge in [-0.1, -0.05) is 20.8 Å². The van der Waals surface area contributed by atoms with Crippen LogP contribution in [0.15, 0.2) is 29.3 Å². The summed E-state index contributed by atoms with van der Waals surface area (Å²) in [6.45, 7) is 6.10. The molecule has 0 bridgehead atoms. The van der Waals surface area contributed by atoms with Gasteiger partial charge in [0, 0.05) is 5.69 Å². The third-order valence-corrected chi connectivity index (χ3v) is 3.08. The zero-order valence-electron chi connectivity index (χ0n) is 12.4. The molecule has 1 heterocycles. The minimum absolute atomic E-state index is 0.0189. The van der Waals surface area contributed by atoms with Crippen LogP contribution in [0.3, 0.4) is 0 Å². The van der Waals surface area contributed by atoms with E-state index in [1.165, 1.54) is 6.33 Å². The third-order valence-electron chi connectivity index (χ3n) is 3.08. The summed E-state index contributed by atoms with van der Waals surface area (Å²) in [6.07, 6.45) is 1.92. The van der Waals surface area contributed by atoms with Crippen molar-refractivity contribution in [2.45, 2.75) is 33.2 Å². The largest absolute Gasteiger partial charge is 0.325 e. The Morgan fingerprint density at radius 1 is 1.43 bits per heavy atom. The Morgan fingerprint density at radius 3 is 2.81 bits per heavy atom. The van der Waals surface area contributed by atoms with Crippen LogP contribution >= 0.6 is 0 Å². The molecule has 0 aliphatic rings. The lowest BCUT2D eigenvalue weighted by Gasteiger charge is -2.22. The number of carbonyl (C=O) groups excluding carboxylic acids is 1. The molecule has 1 amide bonds. The molecule has 6 nitrogen and oxygen atoms in total. The van der Waals surface area contributed by atoms with E-state index in [-0.39, 0.29) is 16.9 Å². The zero-order valence-corrected chi connectivity index (χ0v) is 12.4. The summed E-state index contributed by atoms with van der Waals surface area (Å²) in [5, 5.41) is 3.24. The number of H-pyrrole nitrogens is 1. The molecule has 0 spiro atoms. The molecule has 0 aliphatic heterocycles. The van der Waals surface area contributed by atoms with E-state index in [1.807, 2.05) is 20.8 Å². The maximum Gasteiger partial charge on any atom is 0.258 e. The minimum Gasteiger partial charge on any atom is -0.325 e. The maximum absolute atomic E-state index is 12.1. The molecule has 2 aromatic rings. The highest BCUT2D eigenvalue weighted by molar-refractivity contribution is 5.96. The number of fused-ring (bicyclic) bond motifs is 1. The van der Waals surface area contributed by atoms with Gasteiger partial charge in [0.1, 0.15) is 0 Å². The Hall–Kier alpha value is -2.21. The van der Waals surface area contributed by atoms with Gasteiger partial charge in [-0.3, -0.25) is 9.59 Å². The van der Waals surface area contributed by atoms with Crippen molar-refractivity contribution in [2.24, 2.45) is 11.1 Å². The fraction of sp³-hybridized carbons (Fsp3) is 0.400. The van der Waals surface area contributed by atoms with Gasteiger partial charge in [-0.25, -0.2) is 4.98 Å². The van der Waals surface area contributed by atoms with E-state index in [2.05, 4.69) is 15.3 Å². The lowest BCUT2D eigenvalue weighted by atomic mass is 9.88. The monoisotopic (exact) mass is 288 g/mol. The molecule has 1 atom stereocenters. The van der Waals surface area contributed by atoms with Crippen molar-refractivity contribution in [3.63, 3.8) is 0 Å². The number of hydrogen-bond donors (Lipinski definition) is 3. The SMILES string of the molecule is CC(C)(C)CC(N)C(=O)Nc1ccc2c(=O)[nH]cnc2c1. The molecular weight excluding hydrogens is 268 g/mol. The Bertz CT molecular complexity index is 715. The van der Waals surface area contributed by atoms with Crippen LogP contribution in [0.5, 0.6) is 0 Å². The fourth-order valence-corrected chi connectivity index (χ4v) is 2.13. The van der Waals surface area contributed by atoms with Crippen molar-refractivity contribution < 1.29 is 4.79 Å². The number of carbonyl (C=O) groups is 1. The Kier molecular flexibility index (Phi) is 4.09. The Morgan fingerprint density at radius 2 is 2.14 bits per heavy atom. The van der Waals surface area contributed by atoms with Crippen LogP contribution in [0.1, 0.15) is 27.2 Å². The number of nitrogens with zero attached hydrogens (tertiary/aromatic N) is 1. The number of nitrogens with two attached hydrogens (primary N) is 1. The summed E-state index contributed by atoms with van der Waals surface area (Å²) in [7, 11) is 0. The number of hydrogen-bond acceptors (Lipinski definition) is 4. The molecule has 0 saturated heterocycles. The van der Waals surface area contributed by atoms with E-state index >= 15 is 0 Å². The van der Waals surface area contributed by atoms with E-state index < -0.39 is 6.04 Å². The second-order valence-corrected chi connectivity index (χ2v) is 6.32. The molecular formula is C15H20N4O2. The molecule has 4 N–H and O–H groups in total. The first-order valence-electron chi connectivity index (χ1n) is 6.80. The lowest BCUT2D eigenvalue weighted by molar-refractivity contribution is -0.118. The number of anilines is 1. The summed E-state index contributed by atoms with van der Waals surface area (Å²) in [6, 6.07) is 4.38. The molecule has 2 rings (SSSR count). The second-order valence-electron chi connectivity index (χ2n) is 6.32. The quantitative estimate of drug-likeness (QED) is 0.799. The first-order chi connectivity index (χ1) is 9.76. The molecule has 1 unspecified atom stereocenters. The summed E-state index contributed by atoms with van der Waals surface area (Å²) in [5.41, 5.74) is 6.79. The summed E-state index contributed by atoms with van der Waals surface area (Å²) in [4.78, 5) is 30.2. The average molecular weight is 288 g/mol. The predicted molar refractivity (Wildman–Crippen MR) is 83.0 cm³/mol. The molecule has 21 heavy (non-hydrogen) atoms. The molecule has 0 radical (unpaired) electrons. The van der Waals surface area contributed by atoms with E-state index in [0.29, 0.717) is 23.0 Å². The number of aromatic amines is 1. The zero-order chi connectivity index (χ0) is 15.6. The van der Waals surface area contributed by atoms with Gasteiger partial charge in [-0.05, 0) is 30.0 Å². The van der Waals surface area contributed by atoms with Crippen LogP contribution < -0.4 is 16.6 Å². The van der Waals surface area contributed by atoms with Crippen LogP contribution in [-0.4, -0.2) is 21.9 Å². The van der Waals surface area contributed by atoms with Crippen molar-refractivity contribution in [1.29, 1.82) is 0 Å². The van der Waals surface area contributed by atoms with Gasteiger partial charge < -0.3 is 16.0 Å². The van der Waals surface area contributed by atoms with E-state index in [9.17, 15) is 9.59 Å². The molecule has 1 aromatic heterocycles. The predicted octanol–water partition coefficient (Wildman–Crippen LogP) is 1.63. The van der Waals surface area contributed by atoms with E-state index in [4.69, 9.17) is 5.73 Å². The van der Waals surface area contributed by atoms with Gasteiger partial charge in [0.2, 0.25) is 5.91 Å².